The predicted octanol–water partition coefficient (Wildman–Crippen LogP) is 3.38. The predicted molar refractivity (Wildman–Crippen MR) is 74.0 cm³/mol. The van der Waals surface area contributed by atoms with Crippen LogP contribution in [-0.4, -0.2) is 30.6 Å². The summed E-state index contributed by atoms with van der Waals surface area (Å²) in [6.07, 6.45) is 0.0444. The quantitative estimate of drug-likeness (QED) is 0.832. The average molecular weight is 290 g/mol. The number of carbonyl (C=O) groups excluding carboxylic acids is 1. The Bertz CT molecular complexity index is 401. The monoisotopic (exact) mass is 289 g/mol. The SMILES string of the molecule is CC(C)OCC(=O)N(C)Cc1cc(Cl)cc(Cl)c1. The van der Waals surface area contributed by atoms with Gasteiger partial charge in [0, 0.05) is 23.6 Å². The normalized spacial score (nSPS) is 10.8. The van der Waals surface area contributed by atoms with Gasteiger partial charge in [0.2, 0.25) is 5.91 Å². The van der Waals surface area contributed by atoms with Crippen LogP contribution in [-0.2, 0) is 16.1 Å². The van der Waals surface area contributed by atoms with Crippen LogP contribution in [0.1, 0.15) is 19.4 Å². The van der Waals surface area contributed by atoms with E-state index < -0.39 is 0 Å². The lowest BCUT2D eigenvalue weighted by Gasteiger charge is -2.18. The zero-order valence-corrected chi connectivity index (χ0v) is 12.3. The number of rotatable bonds is 5. The Labute approximate surface area is 118 Å². The van der Waals surface area contributed by atoms with Gasteiger partial charge in [0.1, 0.15) is 6.61 Å². The fraction of sp³-hybridized carbons (Fsp3) is 0.462. The number of halogens is 2. The second-order valence-corrected chi connectivity index (χ2v) is 5.26. The Kier molecular flexibility index (Phi) is 5.93. The first kappa shape index (κ1) is 15.3. The van der Waals surface area contributed by atoms with Gasteiger partial charge < -0.3 is 9.64 Å². The summed E-state index contributed by atoms with van der Waals surface area (Å²) in [5.74, 6) is -0.0696. The first-order valence-electron chi connectivity index (χ1n) is 5.69. The van der Waals surface area contributed by atoms with Gasteiger partial charge in [0.25, 0.3) is 0 Å². The fourth-order valence-corrected chi connectivity index (χ4v) is 1.98. The van der Waals surface area contributed by atoms with Gasteiger partial charge in [0.15, 0.2) is 0 Å². The number of carbonyl (C=O) groups is 1. The molecule has 5 heteroatoms. The molecule has 0 aliphatic carbocycles. The smallest absolute Gasteiger partial charge is 0.248 e. The summed E-state index contributed by atoms with van der Waals surface area (Å²) in [7, 11) is 1.72. The first-order valence-corrected chi connectivity index (χ1v) is 6.44. The molecule has 0 N–H and O–H groups in total. The van der Waals surface area contributed by atoms with Crippen LogP contribution in [0.25, 0.3) is 0 Å². The van der Waals surface area contributed by atoms with Crippen molar-refractivity contribution in [2.45, 2.75) is 26.5 Å². The molecule has 18 heavy (non-hydrogen) atoms. The summed E-state index contributed by atoms with van der Waals surface area (Å²) >= 11 is 11.8. The molecule has 0 bridgehead atoms. The highest BCUT2D eigenvalue weighted by Gasteiger charge is 2.11. The Morgan fingerprint density at radius 1 is 1.28 bits per heavy atom. The van der Waals surface area contributed by atoms with E-state index in [1.54, 1.807) is 30.1 Å². The van der Waals surface area contributed by atoms with Crippen LogP contribution in [0.15, 0.2) is 18.2 Å². The second-order valence-electron chi connectivity index (χ2n) is 4.39. The van der Waals surface area contributed by atoms with E-state index in [4.69, 9.17) is 27.9 Å². The van der Waals surface area contributed by atoms with Gasteiger partial charge in [-0.25, -0.2) is 0 Å². The molecule has 3 nitrogen and oxygen atoms in total. The number of likely N-dealkylation sites (N-methyl/N-ethyl adjacent to an activating group) is 1. The van der Waals surface area contributed by atoms with Crippen LogP contribution < -0.4 is 0 Å². The molecule has 0 unspecified atom stereocenters. The number of amides is 1. The molecule has 0 aliphatic heterocycles. The Balaban J connectivity index is 2.58. The summed E-state index contributed by atoms with van der Waals surface area (Å²) < 4.78 is 5.27. The average Bonchev–Trinajstić information content (AvgIpc) is 2.24. The molecule has 0 aromatic heterocycles. The lowest BCUT2D eigenvalue weighted by atomic mass is 10.2. The topological polar surface area (TPSA) is 29.5 Å². The van der Waals surface area contributed by atoms with Crippen molar-refractivity contribution in [2.75, 3.05) is 13.7 Å². The molecule has 1 aromatic rings. The van der Waals surface area contributed by atoms with Crippen molar-refractivity contribution in [2.24, 2.45) is 0 Å². The highest BCUT2D eigenvalue weighted by Crippen LogP contribution is 2.19. The van der Waals surface area contributed by atoms with Crippen molar-refractivity contribution >= 4 is 29.1 Å². The molecular formula is C13H17Cl2NO2. The van der Waals surface area contributed by atoms with E-state index >= 15 is 0 Å². The summed E-state index contributed by atoms with van der Waals surface area (Å²) in [6.45, 7) is 4.33. The zero-order valence-electron chi connectivity index (χ0n) is 10.7. The van der Waals surface area contributed by atoms with Crippen LogP contribution in [0.2, 0.25) is 10.0 Å². The molecule has 0 fully saturated rings. The first-order chi connectivity index (χ1) is 8.38. The summed E-state index contributed by atoms with van der Waals surface area (Å²) in [6, 6.07) is 5.25. The van der Waals surface area contributed by atoms with Gasteiger partial charge in [-0.1, -0.05) is 23.2 Å². The molecule has 100 valence electrons. The van der Waals surface area contributed by atoms with E-state index in [1.807, 2.05) is 13.8 Å². The maximum atomic E-state index is 11.8. The number of nitrogens with zero attached hydrogens (tertiary/aromatic N) is 1. The largest absolute Gasteiger partial charge is 0.369 e. The van der Waals surface area contributed by atoms with Crippen molar-refractivity contribution < 1.29 is 9.53 Å². The van der Waals surface area contributed by atoms with Gasteiger partial charge in [-0.05, 0) is 37.6 Å². The maximum Gasteiger partial charge on any atom is 0.248 e. The van der Waals surface area contributed by atoms with Crippen molar-refractivity contribution in [1.29, 1.82) is 0 Å². The van der Waals surface area contributed by atoms with E-state index in [0.29, 0.717) is 16.6 Å². The highest BCUT2D eigenvalue weighted by molar-refractivity contribution is 6.34. The molecular weight excluding hydrogens is 273 g/mol. The van der Waals surface area contributed by atoms with Crippen LogP contribution in [0.3, 0.4) is 0 Å². The van der Waals surface area contributed by atoms with Gasteiger partial charge in [0.05, 0.1) is 6.10 Å². The van der Waals surface area contributed by atoms with Crippen LogP contribution in [0.5, 0.6) is 0 Å². The highest BCUT2D eigenvalue weighted by atomic mass is 35.5. The van der Waals surface area contributed by atoms with Gasteiger partial charge >= 0.3 is 0 Å². The molecule has 0 radical (unpaired) electrons. The Morgan fingerprint density at radius 3 is 2.33 bits per heavy atom. The van der Waals surface area contributed by atoms with Crippen molar-refractivity contribution in [3.05, 3.63) is 33.8 Å². The number of hydrogen-bond acceptors (Lipinski definition) is 2. The molecule has 1 rings (SSSR count). The lowest BCUT2D eigenvalue weighted by molar-refractivity contribution is -0.136. The molecule has 0 atom stereocenters. The summed E-state index contributed by atoms with van der Waals surface area (Å²) in [5.41, 5.74) is 0.896. The standard InChI is InChI=1S/C13H17Cl2NO2/c1-9(2)18-8-13(17)16(3)7-10-4-11(14)6-12(15)5-10/h4-6,9H,7-8H2,1-3H3. The summed E-state index contributed by atoms with van der Waals surface area (Å²) in [4.78, 5) is 13.3. The van der Waals surface area contributed by atoms with Gasteiger partial charge in [-0.15, -0.1) is 0 Å². The molecule has 0 spiro atoms. The van der Waals surface area contributed by atoms with Crippen LogP contribution >= 0.6 is 23.2 Å². The van der Waals surface area contributed by atoms with E-state index in [0.717, 1.165) is 5.56 Å². The third-order valence-electron chi connectivity index (χ3n) is 2.31. The van der Waals surface area contributed by atoms with Crippen LogP contribution in [0.4, 0.5) is 0 Å². The zero-order chi connectivity index (χ0) is 13.7. The Morgan fingerprint density at radius 2 is 1.83 bits per heavy atom. The van der Waals surface area contributed by atoms with E-state index in [9.17, 15) is 4.79 Å². The minimum atomic E-state index is -0.0696. The second kappa shape index (κ2) is 6.98. The molecule has 0 aliphatic rings. The maximum absolute atomic E-state index is 11.8. The van der Waals surface area contributed by atoms with Gasteiger partial charge in [-0.3, -0.25) is 4.79 Å². The molecule has 0 heterocycles. The molecule has 1 amide bonds. The van der Waals surface area contributed by atoms with Crippen molar-refractivity contribution in [3.63, 3.8) is 0 Å². The third-order valence-corrected chi connectivity index (χ3v) is 2.74. The Hall–Kier alpha value is -0.770. The third kappa shape index (κ3) is 5.25. The fourth-order valence-electron chi connectivity index (χ4n) is 1.41. The van der Waals surface area contributed by atoms with E-state index in [-0.39, 0.29) is 18.6 Å². The molecule has 0 saturated carbocycles. The van der Waals surface area contributed by atoms with E-state index in [2.05, 4.69) is 0 Å². The van der Waals surface area contributed by atoms with Crippen molar-refractivity contribution in [1.82, 2.24) is 4.90 Å². The number of benzene rings is 1. The summed E-state index contributed by atoms with van der Waals surface area (Å²) in [5, 5.41) is 1.13. The lowest BCUT2D eigenvalue weighted by Crippen LogP contribution is -2.30. The minimum absolute atomic E-state index is 0.0444. The van der Waals surface area contributed by atoms with Crippen LogP contribution in [0, 0.1) is 0 Å². The van der Waals surface area contributed by atoms with E-state index in [1.165, 1.54) is 0 Å². The molecule has 0 saturated heterocycles. The number of ether oxygens (including phenoxy) is 1. The minimum Gasteiger partial charge on any atom is -0.369 e. The van der Waals surface area contributed by atoms with Gasteiger partial charge in [-0.2, -0.15) is 0 Å². The number of hydrogen-bond donors (Lipinski definition) is 0. The molecule has 1 aromatic carbocycles. The van der Waals surface area contributed by atoms with Crippen molar-refractivity contribution in [3.8, 4) is 0 Å².